The monoisotopic (exact) mass is 496 g/mol. The number of fused-ring (bicyclic) bond motifs is 3. The molecule has 0 N–H and O–H groups in total. The summed E-state index contributed by atoms with van der Waals surface area (Å²) in [6, 6.07) is 13.2. The lowest BCUT2D eigenvalue weighted by atomic mass is 9.98. The van der Waals surface area contributed by atoms with Crippen molar-refractivity contribution in [2.45, 2.75) is 20.0 Å². The Morgan fingerprint density at radius 1 is 1.15 bits per heavy atom. The fourth-order valence-corrected chi connectivity index (χ4v) is 4.58. The van der Waals surface area contributed by atoms with Gasteiger partial charge in [0.1, 0.15) is 18.2 Å². The molecule has 0 amide bonds. The third-order valence-corrected chi connectivity index (χ3v) is 6.39. The standard InChI is InChI=1S/C25H18Cl2N2O5/c1-14-8-21-19(12-28(13-33-21)11-16-4-5-17(26)10-20(16)27)25-23(14)24(30)22(34-25)9-15-2-6-18(7-3-15)29(31)32/h2-10H,11-13H2,1H3/b22-9-. The molecule has 0 unspecified atom stereocenters. The minimum Gasteiger partial charge on any atom is -0.478 e. The fraction of sp³-hybridized carbons (Fsp3) is 0.160. The molecule has 0 saturated heterocycles. The van der Waals surface area contributed by atoms with Gasteiger partial charge in [0.25, 0.3) is 5.69 Å². The van der Waals surface area contributed by atoms with E-state index in [1.54, 1.807) is 30.3 Å². The summed E-state index contributed by atoms with van der Waals surface area (Å²) in [6.45, 7) is 3.26. The van der Waals surface area contributed by atoms with Gasteiger partial charge >= 0.3 is 0 Å². The lowest BCUT2D eigenvalue weighted by Crippen LogP contribution is -2.32. The van der Waals surface area contributed by atoms with Gasteiger partial charge in [-0.15, -0.1) is 0 Å². The molecule has 0 aromatic heterocycles. The lowest BCUT2D eigenvalue weighted by Gasteiger charge is -2.30. The molecule has 2 heterocycles. The van der Waals surface area contributed by atoms with Crippen molar-refractivity contribution in [1.29, 1.82) is 0 Å². The Morgan fingerprint density at radius 2 is 1.91 bits per heavy atom. The van der Waals surface area contributed by atoms with Gasteiger partial charge in [-0.1, -0.05) is 29.3 Å². The van der Waals surface area contributed by atoms with E-state index < -0.39 is 4.92 Å². The zero-order valence-corrected chi connectivity index (χ0v) is 19.5. The number of ketones is 1. The van der Waals surface area contributed by atoms with E-state index in [9.17, 15) is 14.9 Å². The number of halogens is 2. The van der Waals surface area contributed by atoms with Crippen LogP contribution in [0.25, 0.3) is 6.08 Å². The summed E-state index contributed by atoms with van der Waals surface area (Å²) in [5.74, 6) is 1.10. The van der Waals surface area contributed by atoms with E-state index in [-0.39, 0.29) is 17.2 Å². The van der Waals surface area contributed by atoms with Gasteiger partial charge in [-0.3, -0.25) is 19.8 Å². The zero-order chi connectivity index (χ0) is 24.0. The van der Waals surface area contributed by atoms with Crippen LogP contribution in [0.4, 0.5) is 5.69 Å². The maximum Gasteiger partial charge on any atom is 0.269 e. The topological polar surface area (TPSA) is 81.9 Å². The van der Waals surface area contributed by atoms with Gasteiger partial charge in [0.05, 0.1) is 16.1 Å². The molecule has 9 heteroatoms. The Bertz CT molecular complexity index is 1370. The number of hydrogen-bond donors (Lipinski definition) is 0. The Kier molecular flexibility index (Phi) is 5.77. The van der Waals surface area contributed by atoms with Crippen LogP contribution in [0.3, 0.4) is 0 Å². The highest BCUT2D eigenvalue weighted by Crippen LogP contribution is 2.44. The number of hydrogen-bond acceptors (Lipinski definition) is 6. The number of nitro groups is 1. The van der Waals surface area contributed by atoms with Crippen molar-refractivity contribution in [3.05, 3.63) is 102 Å². The summed E-state index contributed by atoms with van der Waals surface area (Å²) in [5, 5.41) is 12.0. The number of ether oxygens (including phenoxy) is 2. The Morgan fingerprint density at radius 3 is 2.62 bits per heavy atom. The summed E-state index contributed by atoms with van der Waals surface area (Å²) < 4.78 is 12.0. The van der Waals surface area contributed by atoms with Crippen LogP contribution >= 0.6 is 23.2 Å². The molecule has 0 atom stereocenters. The Hall–Kier alpha value is -3.39. The van der Waals surface area contributed by atoms with E-state index in [0.717, 1.165) is 16.7 Å². The van der Waals surface area contributed by atoms with Gasteiger partial charge in [-0.05, 0) is 60.0 Å². The Labute approximate surface area is 205 Å². The predicted molar refractivity (Wildman–Crippen MR) is 128 cm³/mol. The van der Waals surface area contributed by atoms with Crippen molar-refractivity contribution >= 4 is 40.7 Å². The molecule has 0 saturated carbocycles. The molecule has 34 heavy (non-hydrogen) atoms. The molecule has 0 spiro atoms. The molecule has 0 bridgehead atoms. The molecule has 3 aromatic carbocycles. The molecular formula is C25H18Cl2N2O5. The van der Waals surface area contributed by atoms with Crippen LogP contribution in [0.5, 0.6) is 11.5 Å². The van der Waals surface area contributed by atoms with Gasteiger partial charge in [0.15, 0.2) is 5.76 Å². The molecule has 0 fully saturated rings. The first kappa shape index (κ1) is 22.4. The number of carbonyl (C=O) groups is 1. The minimum absolute atomic E-state index is 0.0213. The number of rotatable bonds is 4. The van der Waals surface area contributed by atoms with Crippen LogP contribution in [0.15, 0.2) is 54.3 Å². The van der Waals surface area contributed by atoms with Crippen molar-refractivity contribution in [1.82, 2.24) is 4.90 Å². The van der Waals surface area contributed by atoms with Crippen LogP contribution in [0, 0.1) is 17.0 Å². The molecule has 3 aromatic rings. The zero-order valence-electron chi connectivity index (χ0n) is 18.0. The summed E-state index contributed by atoms with van der Waals surface area (Å²) >= 11 is 12.3. The highest BCUT2D eigenvalue weighted by molar-refractivity contribution is 6.35. The van der Waals surface area contributed by atoms with Gasteiger partial charge in [-0.25, -0.2) is 0 Å². The number of non-ortho nitro benzene ring substituents is 1. The number of Topliss-reactive ketones (excluding diaryl/α,β-unsaturated/α-hetero) is 1. The highest BCUT2D eigenvalue weighted by atomic mass is 35.5. The number of aryl methyl sites for hydroxylation is 1. The maximum absolute atomic E-state index is 13.1. The third-order valence-electron chi connectivity index (χ3n) is 5.80. The van der Waals surface area contributed by atoms with Crippen LogP contribution in [0.1, 0.15) is 32.6 Å². The number of nitrogens with zero attached hydrogens (tertiary/aromatic N) is 2. The molecular weight excluding hydrogens is 479 g/mol. The minimum atomic E-state index is -0.470. The SMILES string of the molecule is Cc1cc2c(c3c1C(=O)/C(=C/c1ccc([N+](=O)[O-])cc1)O3)CN(Cc1ccc(Cl)cc1Cl)CO2. The molecule has 0 aliphatic carbocycles. The van der Waals surface area contributed by atoms with Crippen molar-refractivity contribution in [2.75, 3.05) is 6.73 Å². The second-order valence-corrected chi connectivity index (χ2v) is 9.00. The van der Waals surface area contributed by atoms with Crippen molar-refractivity contribution in [3.8, 4) is 11.5 Å². The molecule has 7 nitrogen and oxygen atoms in total. The summed E-state index contributed by atoms with van der Waals surface area (Å²) in [6.07, 6.45) is 1.59. The lowest BCUT2D eigenvalue weighted by molar-refractivity contribution is -0.384. The third kappa shape index (κ3) is 4.14. The summed E-state index contributed by atoms with van der Waals surface area (Å²) in [4.78, 5) is 25.6. The fourth-order valence-electron chi connectivity index (χ4n) is 4.11. The van der Waals surface area contributed by atoms with Gasteiger partial charge in [-0.2, -0.15) is 0 Å². The molecule has 5 rings (SSSR count). The van der Waals surface area contributed by atoms with E-state index in [1.807, 2.05) is 19.1 Å². The van der Waals surface area contributed by atoms with Crippen molar-refractivity contribution in [2.24, 2.45) is 0 Å². The first-order chi connectivity index (χ1) is 16.3. The normalized spacial score (nSPS) is 16.1. The van der Waals surface area contributed by atoms with Crippen molar-refractivity contribution < 1.29 is 19.2 Å². The largest absolute Gasteiger partial charge is 0.478 e. The van der Waals surface area contributed by atoms with E-state index in [2.05, 4.69) is 4.90 Å². The number of nitro benzene ring substituents is 1. The van der Waals surface area contributed by atoms with E-state index >= 15 is 0 Å². The molecule has 0 radical (unpaired) electrons. The molecule has 2 aliphatic heterocycles. The first-order valence-electron chi connectivity index (χ1n) is 10.4. The molecule has 172 valence electrons. The van der Waals surface area contributed by atoms with Crippen molar-refractivity contribution in [3.63, 3.8) is 0 Å². The number of allylic oxidation sites excluding steroid dienone is 1. The van der Waals surface area contributed by atoms with E-state index in [4.69, 9.17) is 32.7 Å². The van der Waals surface area contributed by atoms with E-state index in [0.29, 0.717) is 52.5 Å². The smallest absolute Gasteiger partial charge is 0.269 e. The Balaban J connectivity index is 1.44. The first-order valence-corrected chi connectivity index (χ1v) is 11.2. The van der Waals surface area contributed by atoms with E-state index in [1.165, 1.54) is 12.1 Å². The van der Waals surface area contributed by atoms with Gasteiger partial charge in [0.2, 0.25) is 5.78 Å². The van der Waals surface area contributed by atoms with Crippen LogP contribution in [-0.4, -0.2) is 22.3 Å². The predicted octanol–water partition coefficient (Wildman–Crippen LogP) is 6.18. The van der Waals surface area contributed by atoms with Crippen LogP contribution in [-0.2, 0) is 13.1 Å². The second kappa shape index (κ2) is 8.76. The maximum atomic E-state index is 13.1. The number of carbonyl (C=O) groups excluding carboxylic acids is 1. The van der Waals surface area contributed by atoms with Gasteiger partial charge in [0, 0.05) is 35.3 Å². The summed E-state index contributed by atoms with van der Waals surface area (Å²) in [7, 11) is 0. The van der Waals surface area contributed by atoms with Crippen LogP contribution < -0.4 is 9.47 Å². The summed E-state index contributed by atoms with van der Waals surface area (Å²) in [5.41, 5.74) is 3.58. The second-order valence-electron chi connectivity index (χ2n) is 8.16. The molecule has 2 aliphatic rings. The average molecular weight is 497 g/mol. The van der Waals surface area contributed by atoms with Crippen LogP contribution in [0.2, 0.25) is 10.0 Å². The average Bonchev–Trinajstić information content (AvgIpc) is 3.13. The quantitative estimate of drug-likeness (QED) is 0.243. The number of benzene rings is 3. The van der Waals surface area contributed by atoms with Gasteiger partial charge < -0.3 is 9.47 Å². The highest BCUT2D eigenvalue weighted by Gasteiger charge is 2.35.